The van der Waals surface area contributed by atoms with E-state index in [4.69, 9.17) is 10.5 Å². The summed E-state index contributed by atoms with van der Waals surface area (Å²) in [5, 5.41) is 4.21. The van der Waals surface area contributed by atoms with Crippen LogP contribution in [-0.4, -0.2) is 52.0 Å². The molecule has 1 aromatic carbocycles. The van der Waals surface area contributed by atoms with Gasteiger partial charge in [0.2, 0.25) is 0 Å². The number of benzene rings is 1. The van der Waals surface area contributed by atoms with Gasteiger partial charge in [0, 0.05) is 26.2 Å². The van der Waals surface area contributed by atoms with E-state index in [-0.39, 0.29) is 6.10 Å². The molecular formula is C17H25N5O. The van der Waals surface area contributed by atoms with Crippen molar-refractivity contribution in [3.63, 3.8) is 0 Å². The highest BCUT2D eigenvalue weighted by Gasteiger charge is 2.20. The van der Waals surface area contributed by atoms with Gasteiger partial charge in [0.25, 0.3) is 0 Å². The highest BCUT2D eigenvalue weighted by Crippen LogP contribution is 2.20. The van der Waals surface area contributed by atoms with Crippen LogP contribution in [0.25, 0.3) is 0 Å². The van der Waals surface area contributed by atoms with Crippen LogP contribution in [0.5, 0.6) is 0 Å². The first-order chi connectivity index (χ1) is 11.2. The molecule has 0 radical (unpaired) electrons. The first-order valence-electron chi connectivity index (χ1n) is 8.11. The number of ether oxygens (including phenoxy) is 1. The number of morpholine rings is 1. The zero-order valence-electron chi connectivity index (χ0n) is 13.9. The smallest absolute Gasteiger partial charge is 0.137 e. The molecule has 1 atom stereocenters. The van der Waals surface area contributed by atoms with Crippen molar-refractivity contribution in [2.75, 3.05) is 26.2 Å². The molecule has 1 saturated heterocycles. The molecule has 0 unspecified atom stereocenters. The van der Waals surface area contributed by atoms with Gasteiger partial charge in [-0.3, -0.25) is 4.90 Å². The summed E-state index contributed by atoms with van der Waals surface area (Å²) in [6.45, 7) is 9.25. The second-order valence-corrected chi connectivity index (χ2v) is 6.26. The molecule has 2 heterocycles. The fraction of sp³-hybridized carbons (Fsp3) is 0.529. The van der Waals surface area contributed by atoms with Crippen LogP contribution < -0.4 is 5.73 Å². The summed E-state index contributed by atoms with van der Waals surface area (Å²) in [7, 11) is 0. The minimum absolute atomic E-state index is 0.157. The number of aromatic nitrogens is 3. The summed E-state index contributed by atoms with van der Waals surface area (Å²) >= 11 is 0. The average molecular weight is 315 g/mol. The summed E-state index contributed by atoms with van der Waals surface area (Å²) in [5.74, 6) is 0. The number of hydrogen-bond donors (Lipinski definition) is 1. The quantitative estimate of drug-likeness (QED) is 0.895. The molecule has 1 aliphatic heterocycles. The molecule has 2 aromatic rings. The lowest BCUT2D eigenvalue weighted by Gasteiger charge is -2.32. The molecule has 0 saturated carbocycles. The maximum absolute atomic E-state index is 5.74. The monoisotopic (exact) mass is 315 g/mol. The van der Waals surface area contributed by atoms with Crippen LogP contribution in [-0.2, 0) is 17.8 Å². The molecule has 0 spiro atoms. The lowest BCUT2D eigenvalue weighted by molar-refractivity contribution is -0.0261. The fourth-order valence-corrected chi connectivity index (χ4v) is 3.09. The van der Waals surface area contributed by atoms with E-state index >= 15 is 0 Å². The average Bonchev–Trinajstić information content (AvgIpc) is 3.05. The Morgan fingerprint density at radius 3 is 2.70 bits per heavy atom. The van der Waals surface area contributed by atoms with Crippen molar-refractivity contribution in [1.82, 2.24) is 19.7 Å². The zero-order chi connectivity index (χ0) is 16.2. The van der Waals surface area contributed by atoms with Crippen molar-refractivity contribution in [2.45, 2.75) is 33.0 Å². The lowest BCUT2D eigenvalue weighted by Crippen LogP contribution is -2.45. The number of nitrogens with two attached hydrogens (primary N) is 1. The second kappa shape index (κ2) is 7.21. The Kier molecular flexibility index (Phi) is 5.05. The highest BCUT2D eigenvalue weighted by molar-refractivity contribution is 5.37. The molecule has 6 nitrogen and oxygen atoms in total. The Morgan fingerprint density at radius 1 is 1.22 bits per heavy atom. The maximum Gasteiger partial charge on any atom is 0.137 e. The number of rotatable bonds is 5. The first kappa shape index (κ1) is 16.1. The van der Waals surface area contributed by atoms with Crippen molar-refractivity contribution in [3.8, 4) is 0 Å². The Labute approximate surface area is 137 Å². The van der Waals surface area contributed by atoms with Gasteiger partial charge in [-0.15, -0.1) is 0 Å². The van der Waals surface area contributed by atoms with Crippen molar-refractivity contribution in [2.24, 2.45) is 5.73 Å². The third-order valence-corrected chi connectivity index (χ3v) is 4.47. The normalized spacial score (nSPS) is 19.2. The summed E-state index contributed by atoms with van der Waals surface area (Å²) in [4.78, 5) is 6.45. The molecular weight excluding hydrogens is 290 g/mol. The van der Waals surface area contributed by atoms with Crippen LogP contribution in [0.4, 0.5) is 0 Å². The first-order valence-corrected chi connectivity index (χ1v) is 8.11. The van der Waals surface area contributed by atoms with E-state index in [9.17, 15) is 0 Å². The van der Waals surface area contributed by atoms with Crippen LogP contribution in [0.15, 0.2) is 24.8 Å². The van der Waals surface area contributed by atoms with E-state index in [1.54, 1.807) is 12.7 Å². The van der Waals surface area contributed by atoms with E-state index in [1.165, 1.54) is 22.3 Å². The van der Waals surface area contributed by atoms with Crippen molar-refractivity contribution in [1.29, 1.82) is 0 Å². The summed E-state index contributed by atoms with van der Waals surface area (Å²) in [6.07, 6.45) is 3.49. The molecule has 1 aromatic heterocycles. The topological polar surface area (TPSA) is 69.2 Å². The van der Waals surface area contributed by atoms with Crippen LogP contribution in [0.1, 0.15) is 22.3 Å². The van der Waals surface area contributed by atoms with Gasteiger partial charge in [-0.2, -0.15) is 5.10 Å². The van der Waals surface area contributed by atoms with E-state index in [0.29, 0.717) is 6.54 Å². The molecule has 6 heteroatoms. The molecule has 23 heavy (non-hydrogen) atoms. The van der Waals surface area contributed by atoms with Crippen molar-refractivity contribution >= 4 is 0 Å². The molecule has 3 rings (SSSR count). The summed E-state index contributed by atoms with van der Waals surface area (Å²) in [6, 6.07) is 4.57. The van der Waals surface area contributed by atoms with E-state index < -0.39 is 0 Å². The van der Waals surface area contributed by atoms with Crippen LogP contribution in [0.3, 0.4) is 0 Å². The molecule has 0 bridgehead atoms. The highest BCUT2D eigenvalue weighted by atomic mass is 16.5. The third kappa shape index (κ3) is 3.96. The van der Waals surface area contributed by atoms with Gasteiger partial charge >= 0.3 is 0 Å². The molecule has 1 aliphatic rings. The largest absolute Gasteiger partial charge is 0.374 e. The second-order valence-electron chi connectivity index (χ2n) is 6.26. The summed E-state index contributed by atoms with van der Waals surface area (Å²) < 4.78 is 7.51. The molecule has 2 N–H and O–H groups in total. The Morgan fingerprint density at radius 2 is 2.00 bits per heavy atom. The molecule has 0 amide bonds. The molecule has 1 fully saturated rings. The van der Waals surface area contributed by atoms with E-state index in [1.807, 2.05) is 4.68 Å². The Bertz CT molecular complexity index is 641. The lowest BCUT2D eigenvalue weighted by atomic mass is 9.99. The van der Waals surface area contributed by atoms with Gasteiger partial charge < -0.3 is 10.5 Å². The van der Waals surface area contributed by atoms with E-state index in [2.05, 4.69) is 41.0 Å². The predicted octanol–water partition coefficient (Wildman–Crippen LogP) is 1.10. The van der Waals surface area contributed by atoms with Crippen LogP contribution >= 0.6 is 0 Å². The Balaban J connectivity index is 1.76. The van der Waals surface area contributed by atoms with Crippen molar-refractivity contribution in [3.05, 3.63) is 47.0 Å². The van der Waals surface area contributed by atoms with Gasteiger partial charge in [0.1, 0.15) is 12.7 Å². The Hall–Kier alpha value is -1.76. The van der Waals surface area contributed by atoms with Gasteiger partial charge in [0.05, 0.1) is 19.3 Å². The summed E-state index contributed by atoms with van der Waals surface area (Å²) in [5.41, 5.74) is 11.0. The molecule has 0 aliphatic carbocycles. The van der Waals surface area contributed by atoms with Gasteiger partial charge in [-0.1, -0.05) is 12.1 Å². The minimum atomic E-state index is 0.157. The number of nitrogens with zero attached hydrogens (tertiary/aromatic N) is 4. The SMILES string of the molecule is Cc1cc(C)c(Cn2cncn2)cc1CN1CCO[C@H](CN)C1. The predicted molar refractivity (Wildman–Crippen MR) is 89.1 cm³/mol. The van der Waals surface area contributed by atoms with Gasteiger partial charge in [-0.25, -0.2) is 9.67 Å². The maximum atomic E-state index is 5.74. The standard InChI is InChI=1S/C17H25N5O/c1-13-5-14(2)16(9-22-12-19-11-20-22)6-15(13)8-21-3-4-23-17(7-18)10-21/h5-6,11-12,17H,3-4,7-10,18H2,1-2H3/t17-/m1/s1. The van der Waals surface area contributed by atoms with Crippen LogP contribution in [0, 0.1) is 13.8 Å². The number of aryl methyl sites for hydroxylation is 2. The number of hydrogen-bond acceptors (Lipinski definition) is 5. The fourth-order valence-electron chi connectivity index (χ4n) is 3.09. The molecule has 124 valence electrons. The van der Waals surface area contributed by atoms with Gasteiger partial charge in [0.15, 0.2) is 0 Å². The third-order valence-electron chi connectivity index (χ3n) is 4.47. The zero-order valence-corrected chi connectivity index (χ0v) is 13.9. The minimum Gasteiger partial charge on any atom is -0.374 e. The van der Waals surface area contributed by atoms with Gasteiger partial charge in [-0.05, 0) is 36.1 Å². The van der Waals surface area contributed by atoms with E-state index in [0.717, 1.165) is 32.8 Å². The van der Waals surface area contributed by atoms with Crippen molar-refractivity contribution < 1.29 is 4.74 Å². The van der Waals surface area contributed by atoms with Crippen LogP contribution in [0.2, 0.25) is 0 Å².